The molecule has 1 aromatic rings. The summed E-state index contributed by atoms with van der Waals surface area (Å²) < 4.78 is 0. The van der Waals surface area contributed by atoms with Gasteiger partial charge in [0.2, 0.25) is 0 Å². The number of hydrogen-bond donors (Lipinski definition) is 0. The summed E-state index contributed by atoms with van der Waals surface area (Å²) in [4.78, 5) is 0. The zero-order valence-electron chi connectivity index (χ0n) is 10.8. The Morgan fingerprint density at radius 3 is 2.71 bits per heavy atom. The maximum Gasteiger partial charge on any atom is -0.00127 e. The van der Waals surface area contributed by atoms with E-state index in [2.05, 4.69) is 56.0 Å². The Morgan fingerprint density at radius 1 is 1.29 bits per heavy atom. The van der Waals surface area contributed by atoms with Gasteiger partial charge < -0.3 is 0 Å². The summed E-state index contributed by atoms with van der Waals surface area (Å²) in [5.41, 5.74) is 3.43. The van der Waals surface area contributed by atoms with E-state index < -0.39 is 0 Å². The SMILES string of the molecule is C=CC[C@@]1(CCCC)C/C1=C/c1ccccc1. The largest absolute Gasteiger partial charge is 0.103 e. The fraction of sp³-hybridized carbons (Fsp3) is 0.412. The molecule has 0 saturated heterocycles. The first-order valence-corrected chi connectivity index (χ1v) is 6.68. The standard InChI is InChI=1S/C17H22/c1-3-5-12-17(11-4-2)14-16(17)13-15-9-7-6-8-10-15/h4,6-10,13H,2-3,5,11-12,14H2,1H3/b16-13-/t17-/m1/s1. The van der Waals surface area contributed by atoms with Crippen molar-refractivity contribution >= 4 is 6.08 Å². The zero-order chi connectivity index (χ0) is 12.1. The van der Waals surface area contributed by atoms with E-state index in [0.29, 0.717) is 5.41 Å². The minimum absolute atomic E-state index is 0.466. The van der Waals surface area contributed by atoms with Crippen LogP contribution in [0.4, 0.5) is 0 Å². The highest BCUT2D eigenvalue weighted by Crippen LogP contribution is 2.59. The number of rotatable bonds is 6. The van der Waals surface area contributed by atoms with Crippen LogP contribution in [0.1, 0.15) is 44.6 Å². The molecule has 0 radical (unpaired) electrons. The van der Waals surface area contributed by atoms with Gasteiger partial charge in [0.15, 0.2) is 0 Å². The highest BCUT2D eigenvalue weighted by molar-refractivity contribution is 5.60. The van der Waals surface area contributed by atoms with Crippen LogP contribution >= 0.6 is 0 Å². The van der Waals surface area contributed by atoms with Gasteiger partial charge in [-0.3, -0.25) is 0 Å². The van der Waals surface area contributed by atoms with E-state index in [9.17, 15) is 0 Å². The van der Waals surface area contributed by atoms with Gasteiger partial charge in [0.25, 0.3) is 0 Å². The molecule has 0 heteroatoms. The molecule has 1 fully saturated rings. The molecule has 90 valence electrons. The van der Waals surface area contributed by atoms with E-state index in [-0.39, 0.29) is 0 Å². The summed E-state index contributed by atoms with van der Waals surface area (Å²) in [5, 5.41) is 0. The summed E-state index contributed by atoms with van der Waals surface area (Å²) in [7, 11) is 0. The number of unbranched alkanes of at least 4 members (excludes halogenated alkanes) is 1. The van der Waals surface area contributed by atoms with E-state index in [0.717, 1.165) is 6.42 Å². The molecule has 1 aromatic carbocycles. The molecule has 0 aromatic heterocycles. The smallest absolute Gasteiger partial charge is 0.00127 e. The minimum atomic E-state index is 0.466. The first-order chi connectivity index (χ1) is 8.30. The molecule has 0 heterocycles. The van der Waals surface area contributed by atoms with Crippen LogP contribution in [0.25, 0.3) is 6.08 Å². The van der Waals surface area contributed by atoms with Gasteiger partial charge in [-0.15, -0.1) is 6.58 Å². The van der Waals surface area contributed by atoms with Gasteiger partial charge in [0.1, 0.15) is 0 Å². The Hall–Kier alpha value is -1.30. The van der Waals surface area contributed by atoms with Crippen LogP contribution in [0.2, 0.25) is 0 Å². The van der Waals surface area contributed by atoms with Crippen LogP contribution in [0, 0.1) is 5.41 Å². The third-order valence-electron chi connectivity index (χ3n) is 3.77. The third-order valence-corrected chi connectivity index (χ3v) is 3.77. The maximum absolute atomic E-state index is 3.91. The van der Waals surface area contributed by atoms with Gasteiger partial charge >= 0.3 is 0 Å². The Labute approximate surface area is 105 Å². The molecule has 0 N–H and O–H groups in total. The Bertz CT molecular complexity index is 399. The normalized spacial score (nSPS) is 24.9. The molecule has 0 amide bonds. The average molecular weight is 226 g/mol. The molecule has 2 rings (SSSR count). The van der Waals surface area contributed by atoms with E-state index >= 15 is 0 Å². The van der Waals surface area contributed by atoms with Crippen LogP contribution in [0.15, 0.2) is 48.6 Å². The Kier molecular flexibility index (Phi) is 3.83. The zero-order valence-corrected chi connectivity index (χ0v) is 10.8. The minimum Gasteiger partial charge on any atom is -0.103 e. The summed E-state index contributed by atoms with van der Waals surface area (Å²) in [5.74, 6) is 0. The summed E-state index contributed by atoms with van der Waals surface area (Å²) >= 11 is 0. The number of benzene rings is 1. The molecule has 1 aliphatic carbocycles. The molecule has 1 atom stereocenters. The predicted octanol–water partition coefficient (Wildman–Crippen LogP) is 5.23. The van der Waals surface area contributed by atoms with Crippen molar-refractivity contribution in [1.29, 1.82) is 0 Å². The summed E-state index contributed by atoms with van der Waals surface area (Å²) in [6.07, 6.45) is 10.8. The first-order valence-electron chi connectivity index (χ1n) is 6.68. The lowest BCUT2D eigenvalue weighted by atomic mass is 9.93. The van der Waals surface area contributed by atoms with Gasteiger partial charge in [-0.2, -0.15) is 0 Å². The lowest BCUT2D eigenvalue weighted by molar-refractivity contribution is 0.474. The lowest BCUT2D eigenvalue weighted by Crippen LogP contribution is -1.98. The number of hydrogen-bond acceptors (Lipinski definition) is 0. The Morgan fingerprint density at radius 2 is 2.06 bits per heavy atom. The van der Waals surface area contributed by atoms with Crippen molar-refractivity contribution in [2.45, 2.75) is 39.0 Å². The van der Waals surface area contributed by atoms with Gasteiger partial charge in [0.05, 0.1) is 0 Å². The second-order valence-corrected chi connectivity index (χ2v) is 5.13. The van der Waals surface area contributed by atoms with Crippen LogP contribution < -0.4 is 0 Å². The van der Waals surface area contributed by atoms with Crippen LogP contribution in [0.3, 0.4) is 0 Å². The Balaban J connectivity index is 2.08. The molecule has 0 unspecified atom stereocenters. The second kappa shape index (κ2) is 5.35. The monoisotopic (exact) mass is 226 g/mol. The average Bonchev–Trinajstić information content (AvgIpc) is 3.02. The van der Waals surface area contributed by atoms with Gasteiger partial charge in [-0.25, -0.2) is 0 Å². The molecule has 1 aliphatic rings. The van der Waals surface area contributed by atoms with Crippen molar-refractivity contribution in [1.82, 2.24) is 0 Å². The van der Waals surface area contributed by atoms with Crippen LogP contribution in [-0.2, 0) is 0 Å². The van der Waals surface area contributed by atoms with Crippen molar-refractivity contribution in [2.75, 3.05) is 0 Å². The highest BCUT2D eigenvalue weighted by atomic mass is 14.5. The highest BCUT2D eigenvalue weighted by Gasteiger charge is 2.46. The van der Waals surface area contributed by atoms with Gasteiger partial charge in [0, 0.05) is 0 Å². The fourth-order valence-electron chi connectivity index (χ4n) is 2.62. The van der Waals surface area contributed by atoms with Crippen molar-refractivity contribution in [3.8, 4) is 0 Å². The lowest BCUT2D eigenvalue weighted by Gasteiger charge is -2.11. The van der Waals surface area contributed by atoms with Crippen molar-refractivity contribution in [2.24, 2.45) is 5.41 Å². The molecule has 1 saturated carbocycles. The summed E-state index contributed by atoms with van der Waals surface area (Å²) in [6, 6.07) is 10.7. The third kappa shape index (κ3) is 2.88. The second-order valence-electron chi connectivity index (χ2n) is 5.13. The van der Waals surface area contributed by atoms with E-state index in [4.69, 9.17) is 0 Å². The van der Waals surface area contributed by atoms with Crippen molar-refractivity contribution in [3.05, 3.63) is 54.1 Å². The van der Waals surface area contributed by atoms with Crippen molar-refractivity contribution < 1.29 is 0 Å². The molecule has 17 heavy (non-hydrogen) atoms. The predicted molar refractivity (Wildman–Crippen MR) is 75.8 cm³/mol. The van der Waals surface area contributed by atoms with Crippen molar-refractivity contribution in [3.63, 3.8) is 0 Å². The van der Waals surface area contributed by atoms with Crippen LogP contribution in [-0.4, -0.2) is 0 Å². The molecular weight excluding hydrogens is 204 g/mol. The van der Waals surface area contributed by atoms with E-state index in [1.54, 1.807) is 5.57 Å². The maximum atomic E-state index is 3.91. The van der Waals surface area contributed by atoms with Crippen LogP contribution in [0.5, 0.6) is 0 Å². The topological polar surface area (TPSA) is 0 Å². The van der Waals surface area contributed by atoms with E-state index in [1.807, 2.05) is 0 Å². The van der Waals surface area contributed by atoms with Gasteiger partial charge in [-0.1, -0.05) is 67.8 Å². The fourth-order valence-corrected chi connectivity index (χ4v) is 2.62. The molecule has 0 spiro atoms. The molecule has 0 aliphatic heterocycles. The van der Waals surface area contributed by atoms with E-state index in [1.165, 1.54) is 31.2 Å². The molecule has 0 nitrogen and oxygen atoms in total. The number of allylic oxidation sites excluding steroid dienone is 2. The quantitative estimate of drug-likeness (QED) is 0.583. The molecule has 0 bridgehead atoms. The molecular formula is C17H22. The van der Waals surface area contributed by atoms with Gasteiger partial charge in [-0.05, 0) is 30.2 Å². The summed E-state index contributed by atoms with van der Waals surface area (Å²) in [6.45, 7) is 6.18. The first kappa shape index (κ1) is 12.2.